The summed E-state index contributed by atoms with van der Waals surface area (Å²) in [7, 11) is -9.24. The van der Waals surface area contributed by atoms with Crippen LogP contribution in [0.1, 0.15) is 13.8 Å². The van der Waals surface area contributed by atoms with Gasteiger partial charge in [0.2, 0.25) is 11.1 Å². The second kappa shape index (κ2) is 14.6. The topological polar surface area (TPSA) is 261 Å². The van der Waals surface area contributed by atoms with Crippen LogP contribution in [0, 0.1) is 0 Å². The minimum Gasteiger partial charge on any atom is -0.748 e. The van der Waals surface area contributed by atoms with Crippen molar-refractivity contribution in [2.45, 2.75) is 25.9 Å². The summed E-state index contributed by atoms with van der Waals surface area (Å²) >= 11 is 4.87. The molecule has 0 saturated heterocycles. The number of halogens is 1. The molecule has 0 rings (SSSR count). The molecule has 0 saturated carbocycles. The van der Waals surface area contributed by atoms with Gasteiger partial charge in [-0.25, -0.2) is 21.6 Å². The lowest BCUT2D eigenvalue weighted by molar-refractivity contribution is -0.140. The second-order valence-electron chi connectivity index (χ2n) is 5.59. The maximum Gasteiger partial charge on any atom is 0.327 e. The Morgan fingerprint density at radius 1 is 0.935 bits per heavy atom. The van der Waals surface area contributed by atoms with Crippen LogP contribution in [0.4, 0.5) is 0 Å². The van der Waals surface area contributed by atoms with E-state index in [9.17, 15) is 45.1 Å². The molecule has 0 aromatic carbocycles. The molecule has 31 heavy (non-hydrogen) atoms. The van der Waals surface area contributed by atoms with Crippen LogP contribution >= 0.6 is 11.6 Å². The summed E-state index contributed by atoms with van der Waals surface area (Å²) in [6, 6.07) is -3.38. The van der Waals surface area contributed by atoms with Gasteiger partial charge in [0.15, 0.2) is 0 Å². The van der Waals surface area contributed by atoms with Gasteiger partial charge in [0.25, 0.3) is 0 Å². The number of allylic oxidation sites excluding steroid dienone is 1. The first-order chi connectivity index (χ1) is 13.6. The van der Waals surface area contributed by atoms with Crippen LogP contribution in [0.25, 0.3) is 0 Å². The molecule has 5 N–H and O–H groups in total. The van der Waals surface area contributed by atoms with E-state index in [4.69, 9.17) is 27.5 Å². The molecule has 180 valence electrons. The Labute approximate surface area is 183 Å². The van der Waals surface area contributed by atoms with E-state index in [2.05, 4.69) is 13.2 Å². The predicted octanol–water partition coefficient (Wildman–Crippen LogP) is -2.05. The van der Waals surface area contributed by atoms with E-state index in [1.807, 2.05) is 5.32 Å². The van der Waals surface area contributed by atoms with Gasteiger partial charge in [-0.15, -0.1) is 0 Å². The summed E-state index contributed by atoms with van der Waals surface area (Å²) < 4.78 is 60.5. The Morgan fingerprint density at radius 2 is 1.29 bits per heavy atom. The van der Waals surface area contributed by atoms with Gasteiger partial charge in [0.05, 0.1) is 31.7 Å². The first kappa shape index (κ1) is 33.3. The van der Waals surface area contributed by atoms with E-state index in [0.29, 0.717) is 5.57 Å². The van der Waals surface area contributed by atoms with Gasteiger partial charge in [0.1, 0.15) is 12.1 Å². The van der Waals surface area contributed by atoms with Crippen molar-refractivity contribution in [3.05, 3.63) is 24.3 Å². The molecule has 0 bridgehead atoms. The van der Waals surface area contributed by atoms with Crippen molar-refractivity contribution in [2.24, 2.45) is 5.73 Å². The number of carbonyl (C=O) groups excluding carboxylic acids is 2. The molecule has 14 nitrogen and oxygen atoms in total. The molecule has 0 heterocycles. The smallest absolute Gasteiger partial charge is 0.327 e. The quantitative estimate of drug-likeness (QED) is 0.148. The SMILES string of the molecule is C=C(C)C(=O)Cl.C=C(C)C(=O)NC(CS(=O)(=O)[O-])C(=O)O.NC(CS(=O)(=O)[O-])C(=O)O. The van der Waals surface area contributed by atoms with Gasteiger partial charge < -0.3 is 30.4 Å². The molecule has 2 unspecified atom stereocenters. The van der Waals surface area contributed by atoms with Gasteiger partial charge in [-0.05, 0) is 25.4 Å². The van der Waals surface area contributed by atoms with Gasteiger partial charge in [-0.3, -0.25) is 14.4 Å². The number of aliphatic carboxylic acids is 2. The standard InChI is InChI=1S/C7H11NO6S.C4H5ClO.C3H7NO5S/c1-4(2)6(9)8-5(7(10)11)3-15(12,13)14;1-3(2)4(5)6;4-2(3(5)6)1-10(7,8)9/h5H,1,3H2,2H3,(H,8,9)(H,10,11)(H,12,13,14);1H2,2H3;2H,1,4H2,(H,5,6)(H,7,8,9)/p-2. The zero-order chi connectivity index (χ0) is 25.7. The van der Waals surface area contributed by atoms with Crippen LogP contribution in [0.5, 0.6) is 0 Å². The summed E-state index contributed by atoms with van der Waals surface area (Å²) in [6.45, 7) is 9.39. The number of carboxylic acids is 2. The Hall–Kier alpha value is -2.37. The first-order valence-electron chi connectivity index (χ1n) is 7.50. The number of nitrogens with one attached hydrogen (secondary N) is 1. The molecule has 1 amide bonds. The van der Waals surface area contributed by atoms with Crippen LogP contribution in [-0.2, 0) is 39.4 Å². The molecule has 0 radical (unpaired) electrons. The third kappa shape index (κ3) is 23.8. The van der Waals surface area contributed by atoms with E-state index < -0.39 is 66.9 Å². The van der Waals surface area contributed by atoms with Crippen molar-refractivity contribution in [2.75, 3.05) is 11.5 Å². The zero-order valence-electron chi connectivity index (χ0n) is 16.2. The van der Waals surface area contributed by atoms with Crippen LogP contribution in [0.2, 0.25) is 0 Å². The molecule has 0 aliphatic carbocycles. The number of hydrogen-bond donors (Lipinski definition) is 4. The molecular weight excluding hydrogens is 488 g/mol. The average molecular weight is 509 g/mol. The first-order valence-corrected chi connectivity index (χ1v) is 11.0. The number of carboxylic acid groups (broad SMARTS) is 2. The lowest BCUT2D eigenvalue weighted by atomic mass is 10.3. The highest BCUT2D eigenvalue weighted by atomic mass is 35.5. The number of hydrogen-bond acceptors (Lipinski definition) is 11. The molecule has 0 fully saturated rings. The van der Waals surface area contributed by atoms with E-state index in [1.165, 1.54) is 6.92 Å². The third-order valence-corrected chi connectivity index (χ3v) is 4.23. The van der Waals surface area contributed by atoms with Gasteiger partial charge >= 0.3 is 11.9 Å². The third-order valence-electron chi connectivity index (χ3n) is 2.40. The van der Waals surface area contributed by atoms with E-state index in [1.54, 1.807) is 6.92 Å². The van der Waals surface area contributed by atoms with Crippen molar-refractivity contribution in [3.63, 3.8) is 0 Å². The molecule has 0 aliphatic heterocycles. The minimum atomic E-state index is -4.71. The fraction of sp³-hybridized carbons (Fsp3) is 0.429. The molecule has 0 aromatic heterocycles. The average Bonchev–Trinajstić information content (AvgIpc) is 2.52. The van der Waals surface area contributed by atoms with E-state index in [-0.39, 0.29) is 5.57 Å². The van der Waals surface area contributed by atoms with Gasteiger partial charge in [-0.2, -0.15) is 0 Å². The van der Waals surface area contributed by atoms with Crippen molar-refractivity contribution in [1.29, 1.82) is 0 Å². The van der Waals surface area contributed by atoms with E-state index >= 15 is 0 Å². The van der Waals surface area contributed by atoms with Crippen molar-refractivity contribution >= 4 is 54.9 Å². The predicted molar refractivity (Wildman–Crippen MR) is 105 cm³/mol. The van der Waals surface area contributed by atoms with Gasteiger partial charge in [0, 0.05) is 11.1 Å². The number of nitrogens with two attached hydrogens (primary N) is 1. The Balaban J connectivity index is -0.000000421. The van der Waals surface area contributed by atoms with Crippen molar-refractivity contribution in [3.8, 4) is 0 Å². The van der Waals surface area contributed by atoms with Gasteiger partial charge in [-0.1, -0.05) is 13.2 Å². The highest BCUT2D eigenvalue weighted by Gasteiger charge is 2.22. The summed E-state index contributed by atoms with van der Waals surface area (Å²) in [5, 5.41) is 17.9. The highest BCUT2D eigenvalue weighted by molar-refractivity contribution is 7.86. The monoisotopic (exact) mass is 508 g/mol. The molecule has 0 aromatic rings. The molecular formula is C14H21ClN2O12S2-2. The Kier molecular flexibility index (Phi) is 15.7. The van der Waals surface area contributed by atoms with Crippen molar-refractivity contribution in [1.82, 2.24) is 5.32 Å². The maximum atomic E-state index is 11.0. The summed E-state index contributed by atoms with van der Waals surface area (Å²) in [5.41, 5.74) is 5.13. The highest BCUT2D eigenvalue weighted by Crippen LogP contribution is 1.95. The second-order valence-corrected chi connectivity index (χ2v) is 8.83. The van der Waals surface area contributed by atoms with Crippen LogP contribution in [0.3, 0.4) is 0 Å². The number of carbonyl (C=O) groups is 4. The minimum absolute atomic E-state index is 0.0181. The largest absolute Gasteiger partial charge is 0.748 e. The molecule has 2 atom stereocenters. The number of amides is 1. The summed E-state index contributed by atoms with van der Waals surface area (Å²) in [6.07, 6.45) is 0. The van der Waals surface area contributed by atoms with Crippen LogP contribution in [0.15, 0.2) is 24.3 Å². The summed E-state index contributed by atoms with van der Waals surface area (Å²) in [4.78, 5) is 41.1. The Morgan fingerprint density at radius 3 is 1.45 bits per heavy atom. The lowest BCUT2D eigenvalue weighted by Crippen LogP contribution is -2.45. The van der Waals surface area contributed by atoms with Crippen LogP contribution in [-0.4, -0.2) is 82.8 Å². The lowest BCUT2D eigenvalue weighted by Gasteiger charge is -2.16. The molecule has 0 aliphatic rings. The Bertz CT molecular complexity index is 900. The summed E-state index contributed by atoms with van der Waals surface area (Å²) in [5.74, 6) is -6.17. The molecule has 17 heteroatoms. The van der Waals surface area contributed by atoms with Crippen LogP contribution < -0.4 is 11.1 Å². The fourth-order valence-corrected chi connectivity index (χ4v) is 2.17. The maximum absolute atomic E-state index is 11.0. The van der Waals surface area contributed by atoms with Crippen molar-refractivity contribution < 1.29 is 55.3 Å². The fourth-order valence-electron chi connectivity index (χ4n) is 0.951. The zero-order valence-corrected chi connectivity index (χ0v) is 18.6. The van der Waals surface area contributed by atoms with E-state index in [0.717, 1.165) is 0 Å². The molecule has 0 spiro atoms. The number of rotatable bonds is 9. The normalized spacial score (nSPS) is 12.5.